The fourth-order valence-electron chi connectivity index (χ4n) is 1.94. The van der Waals surface area contributed by atoms with E-state index in [9.17, 15) is 4.79 Å². The third-order valence-electron chi connectivity index (χ3n) is 3.05. The number of hydrogen-bond donors (Lipinski definition) is 2. The van der Waals surface area contributed by atoms with Crippen LogP contribution in [0.5, 0.6) is 0 Å². The first kappa shape index (κ1) is 13.5. The maximum Gasteiger partial charge on any atom is 0.234 e. The summed E-state index contributed by atoms with van der Waals surface area (Å²) in [5, 5.41) is 2.79. The highest BCUT2D eigenvalue weighted by atomic mass is 16.2. The van der Waals surface area contributed by atoms with Crippen LogP contribution in [0.3, 0.4) is 0 Å². The monoisotopic (exact) mass is 265 g/mol. The molecule has 8 heteroatoms. The van der Waals surface area contributed by atoms with E-state index in [2.05, 4.69) is 20.3 Å². The Hall–Kier alpha value is -1.96. The molecule has 2 rings (SSSR count). The fraction of sp³-hybridized carbons (Fsp3) is 0.636. The van der Waals surface area contributed by atoms with Crippen molar-refractivity contribution in [2.24, 2.45) is 0 Å². The Morgan fingerprint density at radius 1 is 1.37 bits per heavy atom. The summed E-state index contributed by atoms with van der Waals surface area (Å²) in [5.74, 6) is 1.33. The van der Waals surface area contributed by atoms with Crippen molar-refractivity contribution in [2.45, 2.75) is 13.0 Å². The number of carbonyl (C=O) groups excluding carboxylic acids is 1. The number of carbonyl (C=O) groups is 1. The molecule has 3 N–H and O–H groups in total. The van der Waals surface area contributed by atoms with E-state index >= 15 is 0 Å². The van der Waals surface area contributed by atoms with Gasteiger partial charge in [0, 0.05) is 27.2 Å². The van der Waals surface area contributed by atoms with Crippen LogP contribution in [0, 0.1) is 0 Å². The van der Waals surface area contributed by atoms with E-state index in [1.165, 1.54) is 0 Å². The summed E-state index contributed by atoms with van der Waals surface area (Å²) in [6, 6.07) is -0.0740. The maximum atomic E-state index is 11.4. The second kappa shape index (κ2) is 5.35. The third-order valence-corrected chi connectivity index (χ3v) is 3.05. The molecule has 1 fully saturated rings. The van der Waals surface area contributed by atoms with Gasteiger partial charge in [-0.1, -0.05) is 0 Å². The van der Waals surface area contributed by atoms with Crippen molar-refractivity contribution < 1.29 is 4.79 Å². The number of anilines is 2. The first-order chi connectivity index (χ1) is 8.97. The van der Waals surface area contributed by atoms with E-state index in [1.54, 1.807) is 4.90 Å². The number of piperazine rings is 1. The Morgan fingerprint density at radius 3 is 2.74 bits per heavy atom. The van der Waals surface area contributed by atoms with Crippen molar-refractivity contribution in [2.75, 3.05) is 44.4 Å². The third kappa shape index (κ3) is 3.08. The van der Waals surface area contributed by atoms with Gasteiger partial charge in [-0.05, 0) is 6.92 Å². The minimum absolute atomic E-state index is 0.0213. The van der Waals surface area contributed by atoms with Gasteiger partial charge in [0.2, 0.25) is 17.8 Å². The van der Waals surface area contributed by atoms with Crippen molar-refractivity contribution in [1.29, 1.82) is 0 Å². The summed E-state index contributed by atoms with van der Waals surface area (Å²) < 4.78 is 0. The number of nitrogens with one attached hydrogen (secondary N) is 1. The van der Waals surface area contributed by atoms with E-state index in [0.29, 0.717) is 24.9 Å². The molecule has 0 spiro atoms. The molecule has 0 saturated carbocycles. The Morgan fingerprint density at radius 2 is 2.11 bits per heavy atom. The molecule has 0 radical (unpaired) electrons. The van der Waals surface area contributed by atoms with Gasteiger partial charge in [-0.2, -0.15) is 15.0 Å². The van der Waals surface area contributed by atoms with E-state index in [4.69, 9.17) is 5.73 Å². The van der Waals surface area contributed by atoms with Crippen LogP contribution in [0.2, 0.25) is 0 Å². The van der Waals surface area contributed by atoms with Gasteiger partial charge in [0.15, 0.2) is 5.82 Å². The van der Waals surface area contributed by atoms with Crippen LogP contribution in [-0.4, -0.2) is 59.5 Å². The van der Waals surface area contributed by atoms with Crippen molar-refractivity contribution in [3.05, 3.63) is 5.82 Å². The van der Waals surface area contributed by atoms with Gasteiger partial charge in [-0.3, -0.25) is 9.69 Å². The van der Waals surface area contributed by atoms with Gasteiger partial charge in [0.1, 0.15) is 0 Å². The Bertz CT molecular complexity index is 476. The van der Waals surface area contributed by atoms with Crippen molar-refractivity contribution in [3.8, 4) is 0 Å². The predicted octanol–water partition coefficient (Wildman–Crippen LogP) is -0.987. The highest BCUT2D eigenvalue weighted by Crippen LogP contribution is 2.19. The number of rotatable bonds is 3. The van der Waals surface area contributed by atoms with Gasteiger partial charge in [0.05, 0.1) is 12.6 Å². The number of nitrogen functional groups attached to an aromatic ring is 1. The van der Waals surface area contributed by atoms with E-state index < -0.39 is 0 Å². The van der Waals surface area contributed by atoms with Crippen LogP contribution in [0.15, 0.2) is 0 Å². The molecule has 19 heavy (non-hydrogen) atoms. The van der Waals surface area contributed by atoms with Gasteiger partial charge in [-0.15, -0.1) is 0 Å². The highest BCUT2D eigenvalue weighted by molar-refractivity contribution is 5.78. The molecule has 1 amide bonds. The molecular formula is C11H19N7O. The lowest BCUT2D eigenvalue weighted by atomic mass is 10.2. The number of hydrogen-bond acceptors (Lipinski definition) is 7. The zero-order valence-corrected chi connectivity index (χ0v) is 11.4. The lowest BCUT2D eigenvalue weighted by Gasteiger charge is -2.31. The lowest BCUT2D eigenvalue weighted by molar-refractivity contribution is -0.124. The predicted molar refractivity (Wildman–Crippen MR) is 71.6 cm³/mol. The Balaban J connectivity index is 2.22. The van der Waals surface area contributed by atoms with Crippen molar-refractivity contribution >= 4 is 17.8 Å². The standard InChI is InChI=1S/C11H19N7O/c1-7(18-5-4-13-8(19)6-18)9-14-10(12)16-11(15-9)17(2)3/h7H,4-6H2,1-3H3,(H,13,19)(H2,12,14,15,16)/t7-/m1/s1. The molecule has 0 aromatic carbocycles. The average molecular weight is 265 g/mol. The van der Waals surface area contributed by atoms with Gasteiger partial charge < -0.3 is 16.0 Å². The summed E-state index contributed by atoms with van der Waals surface area (Å²) in [4.78, 5) is 27.8. The summed E-state index contributed by atoms with van der Waals surface area (Å²) in [6.45, 7) is 3.73. The molecule has 1 aromatic rings. The topological polar surface area (TPSA) is 100 Å². The number of nitrogens with zero attached hydrogens (tertiary/aromatic N) is 5. The first-order valence-corrected chi connectivity index (χ1v) is 6.17. The smallest absolute Gasteiger partial charge is 0.234 e. The summed E-state index contributed by atoms with van der Waals surface area (Å²) in [6.07, 6.45) is 0. The molecule has 1 saturated heterocycles. The van der Waals surface area contributed by atoms with Crippen LogP contribution >= 0.6 is 0 Å². The molecular weight excluding hydrogens is 246 g/mol. The van der Waals surface area contributed by atoms with Gasteiger partial charge in [0.25, 0.3) is 0 Å². The zero-order valence-electron chi connectivity index (χ0n) is 11.4. The van der Waals surface area contributed by atoms with E-state index in [1.807, 2.05) is 25.9 Å². The summed E-state index contributed by atoms with van der Waals surface area (Å²) >= 11 is 0. The van der Waals surface area contributed by atoms with Crippen LogP contribution < -0.4 is 16.0 Å². The molecule has 8 nitrogen and oxygen atoms in total. The van der Waals surface area contributed by atoms with Gasteiger partial charge >= 0.3 is 0 Å². The summed E-state index contributed by atoms with van der Waals surface area (Å²) in [7, 11) is 3.69. The Labute approximate surface area is 112 Å². The minimum atomic E-state index is -0.0740. The first-order valence-electron chi connectivity index (χ1n) is 6.17. The minimum Gasteiger partial charge on any atom is -0.368 e. The van der Waals surface area contributed by atoms with E-state index in [-0.39, 0.29) is 17.9 Å². The van der Waals surface area contributed by atoms with E-state index in [0.717, 1.165) is 6.54 Å². The zero-order chi connectivity index (χ0) is 14.0. The molecule has 1 atom stereocenters. The van der Waals surface area contributed by atoms with Crippen LogP contribution in [-0.2, 0) is 4.79 Å². The highest BCUT2D eigenvalue weighted by Gasteiger charge is 2.24. The molecule has 0 unspecified atom stereocenters. The molecule has 2 heterocycles. The quantitative estimate of drug-likeness (QED) is 0.724. The second-order valence-electron chi connectivity index (χ2n) is 4.74. The maximum absolute atomic E-state index is 11.4. The molecule has 104 valence electrons. The lowest BCUT2D eigenvalue weighted by Crippen LogP contribution is -2.48. The number of aromatic nitrogens is 3. The molecule has 1 aliphatic heterocycles. The van der Waals surface area contributed by atoms with Gasteiger partial charge in [-0.25, -0.2) is 0 Å². The SMILES string of the molecule is C[C@H](c1nc(N)nc(N(C)C)n1)N1CCNC(=O)C1. The summed E-state index contributed by atoms with van der Waals surface area (Å²) in [5.41, 5.74) is 5.71. The second-order valence-corrected chi connectivity index (χ2v) is 4.74. The molecule has 1 aliphatic rings. The van der Waals surface area contributed by atoms with Crippen LogP contribution in [0.4, 0.5) is 11.9 Å². The average Bonchev–Trinajstić information content (AvgIpc) is 2.37. The molecule has 1 aromatic heterocycles. The van der Waals surface area contributed by atoms with Crippen LogP contribution in [0.25, 0.3) is 0 Å². The number of nitrogens with two attached hydrogens (primary N) is 1. The van der Waals surface area contributed by atoms with Crippen molar-refractivity contribution in [1.82, 2.24) is 25.2 Å². The number of amides is 1. The Kier molecular flexibility index (Phi) is 3.79. The molecule has 0 bridgehead atoms. The van der Waals surface area contributed by atoms with Crippen LogP contribution in [0.1, 0.15) is 18.8 Å². The molecule has 0 aliphatic carbocycles. The fourth-order valence-corrected chi connectivity index (χ4v) is 1.94. The normalized spacial score (nSPS) is 17.9. The largest absolute Gasteiger partial charge is 0.368 e. The van der Waals surface area contributed by atoms with Crippen molar-refractivity contribution in [3.63, 3.8) is 0 Å².